The van der Waals surface area contributed by atoms with Crippen molar-refractivity contribution in [2.75, 3.05) is 0 Å². The van der Waals surface area contributed by atoms with Crippen LogP contribution in [0.4, 0.5) is 0 Å². The van der Waals surface area contributed by atoms with Gasteiger partial charge in [-0.05, 0) is 0 Å². The molecule has 0 N–H and O–H groups in total. The van der Waals surface area contributed by atoms with Crippen molar-refractivity contribution in [1.29, 1.82) is 0 Å². The first kappa shape index (κ1) is 25.3. The van der Waals surface area contributed by atoms with Crippen LogP contribution < -0.4 is 0 Å². The molecule has 0 aliphatic heterocycles. The molecule has 0 rings (SSSR count). The van der Waals surface area contributed by atoms with Gasteiger partial charge in [0.25, 0.3) is 0 Å². The molecule has 0 aromatic heterocycles. The van der Waals surface area contributed by atoms with Crippen molar-refractivity contribution in [3.63, 3.8) is 0 Å². The van der Waals surface area contributed by atoms with Crippen LogP contribution in [0.1, 0.15) is 0 Å². The predicted molar refractivity (Wildman–Crippen MR) is 23.0 cm³/mol. The van der Waals surface area contributed by atoms with E-state index in [1.807, 2.05) is 0 Å². The molecule has 0 heterocycles. The molecule has 0 unspecified atom stereocenters. The van der Waals surface area contributed by atoms with E-state index < -0.39 is 0 Å². The molecule has 0 saturated heterocycles. The average molecular weight is 820 g/mol. The van der Waals surface area contributed by atoms with Gasteiger partial charge in [0.2, 0.25) is 0 Å². The van der Waals surface area contributed by atoms with E-state index in [-0.39, 0.29) is 109 Å². The van der Waals surface area contributed by atoms with Crippen LogP contribution in [-0.2, 0) is 0 Å². The van der Waals surface area contributed by atoms with Gasteiger partial charge >= 0.3 is 0 Å². The molecule has 0 atom stereocenters. The maximum atomic E-state index is 0. The van der Waals surface area contributed by atoms with E-state index >= 15 is 0 Å². The second-order valence-electron chi connectivity index (χ2n) is 0. The molecule has 13 valence electrons. The number of hydrogen-bond donors (Lipinski definition) is 0. The van der Waals surface area contributed by atoms with Crippen LogP contribution >= 0.6 is 0 Å². The van der Waals surface area contributed by atoms with E-state index in [0.717, 1.165) is 0 Å². The standard InChI is InChI=1S/Pb.3Tl. The maximum Gasteiger partial charge on any atom is 0 e. The quantitative estimate of drug-likeness (QED) is 0.261. The summed E-state index contributed by atoms with van der Waals surface area (Å²) >= 11 is 0. The summed E-state index contributed by atoms with van der Waals surface area (Å²) in [5.41, 5.74) is 0. The number of hydrogen-bond acceptors (Lipinski definition) is 0. The molecular weight excluding hydrogens is 820 g/mol. The van der Waals surface area contributed by atoms with Crippen LogP contribution in [0.5, 0.6) is 0 Å². The molecule has 0 aromatic rings. The molecule has 0 spiro atoms. The van der Waals surface area contributed by atoms with Crippen molar-refractivity contribution >= 4 is 109 Å². The third-order valence-electron chi connectivity index (χ3n) is 0. The monoisotopic (exact) mass is 823 g/mol. The van der Waals surface area contributed by atoms with Gasteiger partial charge in [0.05, 0.1) is 0 Å². The third-order valence-corrected chi connectivity index (χ3v) is 0. The largest absolute Gasteiger partial charge is 0 e. The smallest absolute Gasteiger partial charge is 0 e. The molecule has 4 heteroatoms. The topological polar surface area (TPSA) is 0 Å². The Morgan fingerprint density at radius 1 is 0.500 bits per heavy atom. The van der Waals surface area contributed by atoms with E-state index in [9.17, 15) is 0 Å². The first-order valence-corrected chi connectivity index (χ1v) is 0. The van der Waals surface area contributed by atoms with Gasteiger partial charge < -0.3 is 0 Å². The van der Waals surface area contributed by atoms with E-state index in [4.69, 9.17) is 0 Å². The molecular formula is PbTl3. The van der Waals surface area contributed by atoms with Gasteiger partial charge in [-0.25, -0.2) is 0 Å². The van der Waals surface area contributed by atoms with Crippen LogP contribution in [0.25, 0.3) is 0 Å². The van der Waals surface area contributed by atoms with Gasteiger partial charge in [-0.1, -0.05) is 0 Å². The van der Waals surface area contributed by atoms with Gasteiger partial charge in [0.1, 0.15) is 0 Å². The Morgan fingerprint density at radius 3 is 0.500 bits per heavy atom. The van der Waals surface area contributed by atoms with Crippen LogP contribution in [-0.4, -0.2) is 109 Å². The summed E-state index contributed by atoms with van der Waals surface area (Å²) in [7, 11) is 0. The average Bonchev–Trinajstić information content (AvgIpc) is 0. The van der Waals surface area contributed by atoms with Crippen LogP contribution in [0.2, 0.25) is 0 Å². The van der Waals surface area contributed by atoms with E-state index in [1.54, 1.807) is 0 Å². The van der Waals surface area contributed by atoms with Crippen LogP contribution in [0, 0.1) is 0 Å². The Bertz CT molecular complexity index is 3.25. The predicted octanol–water partition coefficient (Wildman–Crippen LogP) is -1.52. The van der Waals surface area contributed by atoms with E-state index in [0.29, 0.717) is 0 Å². The Morgan fingerprint density at radius 2 is 0.500 bits per heavy atom. The number of rotatable bonds is 0. The van der Waals surface area contributed by atoms with Crippen molar-refractivity contribution in [1.82, 2.24) is 0 Å². The zero-order chi connectivity index (χ0) is 0. The van der Waals surface area contributed by atoms with Crippen molar-refractivity contribution in [2.24, 2.45) is 0 Å². The van der Waals surface area contributed by atoms with Gasteiger partial charge in [0, 0.05) is 109 Å². The molecule has 4 heavy (non-hydrogen) atoms. The molecule has 0 aromatic carbocycles. The fourth-order valence-electron chi connectivity index (χ4n) is 0. The van der Waals surface area contributed by atoms with E-state index in [1.165, 1.54) is 0 Å². The van der Waals surface area contributed by atoms with E-state index in [2.05, 4.69) is 0 Å². The summed E-state index contributed by atoms with van der Waals surface area (Å²) in [5, 5.41) is 0. The molecule has 0 fully saturated rings. The Balaban J connectivity index is 0. The van der Waals surface area contributed by atoms with Gasteiger partial charge in [0.15, 0.2) is 0 Å². The fraction of sp³-hybridized carbons (Fsp3) is 0. The van der Waals surface area contributed by atoms with Gasteiger partial charge in [-0.3, -0.25) is 0 Å². The summed E-state index contributed by atoms with van der Waals surface area (Å²) < 4.78 is 0. The van der Waals surface area contributed by atoms with Crippen LogP contribution in [0.3, 0.4) is 0 Å². The van der Waals surface area contributed by atoms with Crippen molar-refractivity contribution in [3.8, 4) is 0 Å². The molecule has 0 aliphatic carbocycles. The summed E-state index contributed by atoms with van der Waals surface area (Å²) in [6, 6.07) is 0. The van der Waals surface area contributed by atoms with Crippen molar-refractivity contribution in [3.05, 3.63) is 0 Å². The van der Waals surface area contributed by atoms with Gasteiger partial charge in [-0.15, -0.1) is 0 Å². The Kier molecular flexibility index (Phi) is 101. The SMILES string of the molecule is [Pb].[Tl].[Tl].[Tl]. The first-order chi connectivity index (χ1) is 0. The molecule has 0 amide bonds. The minimum Gasteiger partial charge on any atom is 0 e. The second-order valence-corrected chi connectivity index (χ2v) is 0. The molecule has 0 nitrogen and oxygen atoms in total. The second kappa shape index (κ2) is 15.9. The van der Waals surface area contributed by atoms with Crippen molar-refractivity contribution in [2.45, 2.75) is 0 Å². The maximum absolute atomic E-state index is 0. The minimum absolute atomic E-state index is 0. The van der Waals surface area contributed by atoms with Gasteiger partial charge in [-0.2, -0.15) is 0 Å². The summed E-state index contributed by atoms with van der Waals surface area (Å²) in [4.78, 5) is 0. The summed E-state index contributed by atoms with van der Waals surface area (Å²) in [5.74, 6) is 0. The summed E-state index contributed by atoms with van der Waals surface area (Å²) in [6.45, 7) is 0. The zero-order valence-electron chi connectivity index (χ0n) is 2.23. The molecule has 0 aliphatic rings. The molecule has 7 radical (unpaired) electrons. The Labute approximate surface area is 106 Å². The normalized spacial score (nSPS) is 0. The van der Waals surface area contributed by atoms with Crippen molar-refractivity contribution < 1.29 is 0 Å². The zero-order valence-corrected chi connectivity index (χ0v) is 19.6. The molecule has 0 bridgehead atoms. The summed E-state index contributed by atoms with van der Waals surface area (Å²) in [6.07, 6.45) is 0. The first-order valence-electron chi connectivity index (χ1n) is 0. The minimum atomic E-state index is 0. The molecule has 0 saturated carbocycles. The third kappa shape index (κ3) is 9.19. The fourth-order valence-corrected chi connectivity index (χ4v) is 0. The Hall–Kier alpha value is 3.69. The van der Waals surface area contributed by atoms with Crippen LogP contribution in [0.15, 0.2) is 0 Å².